The largest absolute Gasteiger partial charge is 0.492 e. The van der Waals surface area contributed by atoms with Crippen LogP contribution in [-0.4, -0.2) is 45.7 Å². The average Bonchev–Trinajstić information content (AvgIpc) is 3.30. The van der Waals surface area contributed by atoms with Crippen molar-refractivity contribution < 1.29 is 4.74 Å². The number of benzene rings is 1. The van der Waals surface area contributed by atoms with E-state index in [0.29, 0.717) is 17.9 Å². The van der Waals surface area contributed by atoms with Gasteiger partial charge in [0.05, 0.1) is 23.0 Å². The molecule has 0 amide bonds. The number of hydrogen-bond donors (Lipinski definition) is 0. The number of aromatic nitrogens is 3. The summed E-state index contributed by atoms with van der Waals surface area (Å²) in [6.45, 7) is 3.99. The number of halogens is 1. The van der Waals surface area contributed by atoms with E-state index in [2.05, 4.69) is 20.9 Å². The molecule has 0 atom stereocenters. The molecule has 2 aromatic heterocycles. The summed E-state index contributed by atoms with van der Waals surface area (Å²) in [5.41, 5.74) is 2.82. The number of nitriles is 1. The molecule has 1 fully saturated rings. The third-order valence-electron chi connectivity index (χ3n) is 4.97. The minimum atomic E-state index is 0.128. The van der Waals surface area contributed by atoms with Gasteiger partial charge in [0, 0.05) is 36.8 Å². The first-order valence-corrected chi connectivity index (χ1v) is 9.41. The zero-order valence-corrected chi connectivity index (χ0v) is 15.9. The van der Waals surface area contributed by atoms with Gasteiger partial charge >= 0.3 is 0 Å². The number of rotatable bonds is 5. The average molecular weight is 382 g/mol. The van der Waals surface area contributed by atoms with Gasteiger partial charge in [-0.25, -0.2) is 9.97 Å². The van der Waals surface area contributed by atoms with Crippen molar-refractivity contribution >= 4 is 22.5 Å². The second-order valence-electron chi connectivity index (χ2n) is 6.74. The Bertz CT molecular complexity index is 1020. The van der Waals surface area contributed by atoms with Crippen molar-refractivity contribution in [2.24, 2.45) is 7.05 Å². The summed E-state index contributed by atoms with van der Waals surface area (Å²) >= 11 is 5.96. The van der Waals surface area contributed by atoms with Crippen LogP contribution in [0.5, 0.6) is 5.75 Å². The Morgan fingerprint density at radius 1 is 1.30 bits per heavy atom. The van der Waals surface area contributed by atoms with Gasteiger partial charge in [0.25, 0.3) is 0 Å². The SMILES string of the molecule is Cn1cc(-c2nc(Cl)ncc2C#N)c2ccc(OCCN3CCCC3)cc21. The Hall–Kier alpha value is -2.62. The normalized spacial score (nSPS) is 14.6. The quantitative estimate of drug-likeness (QED) is 0.631. The molecule has 138 valence electrons. The highest BCUT2D eigenvalue weighted by Crippen LogP contribution is 2.33. The molecule has 3 heterocycles. The minimum Gasteiger partial charge on any atom is -0.492 e. The number of likely N-dealkylation sites (tertiary alicyclic amines) is 1. The van der Waals surface area contributed by atoms with Gasteiger partial charge in [-0.2, -0.15) is 5.26 Å². The zero-order chi connectivity index (χ0) is 18.8. The lowest BCUT2D eigenvalue weighted by Crippen LogP contribution is -2.25. The lowest BCUT2D eigenvalue weighted by atomic mass is 10.1. The summed E-state index contributed by atoms with van der Waals surface area (Å²) < 4.78 is 7.97. The van der Waals surface area contributed by atoms with E-state index >= 15 is 0 Å². The van der Waals surface area contributed by atoms with Crippen LogP contribution in [0.15, 0.2) is 30.6 Å². The van der Waals surface area contributed by atoms with Crippen molar-refractivity contribution in [3.05, 3.63) is 41.4 Å². The molecular formula is C20H20ClN5O. The summed E-state index contributed by atoms with van der Waals surface area (Å²) in [7, 11) is 1.97. The topological polar surface area (TPSA) is 67.0 Å². The summed E-state index contributed by atoms with van der Waals surface area (Å²) in [5, 5.41) is 10.5. The Balaban J connectivity index is 1.61. The molecule has 0 spiro atoms. The van der Waals surface area contributed by atoms with E-state index in [1.165, 1.54) is 32.1 Å². The fraction of sp³-hybridized carbons (Fsp3) is 0.350. The number of aryl methyl sites for hydroxylation is 1. The molecule has 4 rings (SSSR count). The van der Waals surface area contributed by atoms with E-state index in [9.17, 15) is 5.26 Å². The molecule has 1 aromatic carbocycles. The Morgan fingerprint density at radius 2 is 2.11 bits per heavy atom. The molecule has 3 aromatic rings. The molecule has 0 aliphatic carbocycles. The smallest absolute Gasteiger partial charge is 0.222 e. The van der Waals surface area contributed by atoms with Crippen LogP contribution in [0.25, 0.3) is 22.2 Å². The van der Waals surface area contributed by atoms with Gasteiger partial charge < -0.3 is 9.30 Å². The second kappa shape index (κ2) is 7.55. The molecule has 27 heavy (non-hydrogen) atoms. The van der Waals surface area contributed by atoms with Gasteiger partial charge in [0.2, 0.25) is 5.28 Å². The maximum atomic E-state index is 9.38. The molecule has 1 aliphatic heterocycles. The zero-order valence-electron chi connectivity index (χ0n) is 15.2. The molecule has 0 radical (unpaired) electrons. The summed E-state index contributed by atoms with van der Waals surface area (Å²) in [6.07, 6.45) is 5.99. The Labute approximate surface area is 163 Å². The third kappa shape index (κ3) is 3.61. The minimum absolute atomic E-state index is 0.128. The van der Waals surface area contributed by atoms with E-state index in [4.69, 9.17) is 16.3 Å². The van der Waals surface area contributed by atoms with Crippen molar-refractivity contribution in [1.29, 1.82) is 5.26 Å². The summed E-state index contributed by atoms with van der Waals surface area (Å²) in [6, 6.07) is 8.13. The first-order valence-electron chi connectivity index (χ1n) is 9.03. The molecular weight excluding hydrogens is 362 g/mol. The summed E-state index contributed by atoms with van der Waals surface area (Å²) in [4.78, 5) is 10.6. The molecule has 1 aliphatic rings. The maximum Gasteiger partial charge on any atom is 0.222 e. The highest BCUT2D eigenvalue weighted by Gasteiger charge is 2.16. The van der Waals surface area contributed by atoms with Crippen LogP contribution < -0.4 is 4.74 Å². The fourth-order valence-corrected chi connectivity index (χ4v) is 3.72. The predicted molar refractivity (Wildman–Crippen MR) is 105 cm³/mol. The number of nitrogens with zero attached hydrogens (tertiary/aromatic N) is 5. The van der Waals surface area contributed by atoms with Crippen LogP contribution in [0.2, 0.25) is 5.28 Å². The summed E-state index contributed by atoms with van der Waals surface area (Å²) in [5.74, 6) is 0.843. The van der Waals surface area contributed by atoms with Gasteiger partial charge in [0.1, 0.15) is 18.4 Å². The van der Waals surface area contributed by atoms with Crippen LogP contribution in [0.4, 0.5) is 0 Å². The first-order chi connectivity index (χ1) is 13.2. The second-order valence-corrected chi connectivity index (χ2v) is 7.08. The van der Waals surface area contributed by atoms with Crippen molar-refractivity contribution in [2.75, 3.05) is 26.2 Å². The van der Waals surface area contributed by atoms with Crippen LogP contribution in [0, 0.1) is 11.3 Å². The lowest BCUT2D eigenvalue weighted by Gasteiger charge is -2.15. The van der Waals surface area contributed by atoms with Crippen molar-refractivity contribution in [1.82, 2.24) is 19.4 Å². The first kappa shape index (κ1) is 17.8. The number of hydrogen-bond acceptors (Lipinski definition) is 5. The van der Waals surface area contributed by atoms with Gasteiger partial charge in [-0.1, -0.05) is 0 Å². The van der Waals surface area contributed by atoms with Crippen molar-refractivity contribution in [3.8, 4) is 23.1 Å². The van der Waals surface area contributed by atoms with E-state index in [1.807, 2.05) is 36.0 Å². The fourth-order valence-electron chi connectivity index (χ4n) is 3.59. The van der Waals surface area contributed by atoms with Gasteiger partial charge in [-0.15, -0.1) is 0 Å². The van der Waals surface area contributed by atoms with Crippen LogP contribution >= 0.6 is 11.6 Å². The third-order valence-corrected chi connectivity index (χ3v) is 5.15. The monoisotopic (exact) mass is 381 g/mol. The number of ether oxygens (including phenoxy) is 1. The van der Waals surface area contributed by atoms with Gasteiger partial charge in [-0.3, -0.25) is 4.90 Å². The molecule has 0 saturated carbocycles. The Morgan fingerprint density at radius 3 is 2.89 bits per heavy atom. The number of fused-ring (bicyclic) bond motifs is 1. The van der Waals surface area contributed by atoms with E-state index in [1.54, 1.807) is 0 Å². The van der Waals surface area contributed by atoms with E-state index < -0.39 is 0 Å². The van der Waals surface area contributed by atoms with E-state index in [0.717, 1.165) is 28.8 Å². The molecule has 0 bridgehead atoms. The lowest BCUT2D eigenvalue weighted by molar-refractivity contribution is 0.238. The molecule has 0 unspecified atom stereocenters. The van der Waals surface area contributed by atoms with Crippen LogP contribution in [0.1, 0.15) is 18.4 Å². The highest BCUT2D eigenvalue weighted by molar-refractivity contribution is 6.28. The van der Waals surface area contributed by atoms with Gasteiger partial charge in [0.15, 0.2) is 0 Å². The maximum absolute atomic E-state index is 9.38. The molecule has 7 heteroatoms. The van der Waals surface area contributed by atoms with Crippen molar-refractivity contribution in [2.45, 2.75) is 12.8 Å². The Kier molecular flexibility index (Phi) is 4.97. The van der Waals surface area contributed by atoms with Gasteiger partial charge in [-0.05, 0) is 49.7 Å². The predicted octanol–water partition coefficient (Wildman–Crippen LogP) is 3.63. The van der Waals surface area contributed by atoms with Crippen LogP contribution in [-0.2, 0) is 7.05 Å². The standard InChI is InChI=1S/C20H20ClN5O/c1-25-13-17(19-14(11-22)12-23-20(21)24-19)16-5-4-15(10-18(16)25)27-9-8-26-6-2-3-7-26/h4-5,10,12-13H,2-3,6-9H2,1H3. The van der Waals surface area contributed by atoms with Crippen molar-refractivity contribution in [3.63, 3.8) is 0 Å². The molecule has 6 nitrogen and oxygen atoms in total. The molecule has 0 N–H and O–H groups in total. The van der Waals surface area contributed by atoms with E-state index in [-0.39, 0.29) is 5.28 Å². The highest BCUT2D eigenvalue weighted by atomic mass is 35.5. The molecule has 1 saturated heterocycles. The van der Waals surface area contributed by atoms with Crippen LogP contribution in [0.3, 0.4) is 0 Å².